The Morgan fingerprint density at radius 1 is 0.423 bits per heavy atom. The largest absolute Gasteiger partial charge is 0.455 e. The van der Waals surface area contributed by atoms with Gasteiger partial charge < -0.3 is 14.2 Å². The molecule has 12 rings (SSSR count). The van der Waals surface area contributed by atoms with Crippen LogP contribution in [-0.2, 0) is 16.2 Å². The molecule has 5 heteroatoms. The van der Waals surface area contributed by atoms with Crippen molar-refractivity contribution >= 4 is 90.1 Å². The van der Waals surface area contributed by atoms with Crippen molar-refractivity contribution in [2.45, 2.75) is 82.3 Å². The van der Waals surface area contributed by atoms with Crippen LogP contribution in [-0.4, -0.2) is 26.8 Å². The van der Waals surface area contributed by atoms with Crippen LogP contribution in [0.15, 0.2) is 228 Å². The molecule has 3 nitrogen and oxygen atoms in total. The zero-order valence-electron chi connectivity index (χ0n) is 47.5. The molecule has 0 saturated heterocycles. The van der Waals surface area contributed by atoms with Gasteiger partial charge in [-0.25, -0.2) is 10.0 Å². The molecule has 0 atom stereocenters. The van der Waals surface area contributed by atoms with Crippen LogP contribution < -0.4 is 15.0 Å². The molecular weight excluding hydrogens is 981 g/mol. The maximum Gasteiger partial charge on any atom is 0.145 e. The highest BCUT2D eigenvalue weighted by atomic mass is 32.3. The molecule has 0 spiro atoms. The zero-order valence-corrected chi connectivity index (χ0v) is 49.3. The molecule has 0 aliphatic heterocycles. The standard InChI is InChI=1S/C73H72N2OSSi/c1-71(2,3)49-31-35-53(36-32-49)74(55-39-43-57(44-40-55)77(7,8)9)64-47-62-67(60-28-20-19-27-59(60)64)69-63(73(62,51-23-15-13-16-24-51)52-25-17-14-18-26-52)48-65(68-61-29-21-22-30-66(61)76-70(68)69)75(54-37-33-50(34-38-54)72(4,5)6)56-41-45-58(46-42-56)78(10,11)12/h13-48H,1-12H3. The Balaban J connectivity index is 1.24. The second kappa shape index (κ2) is 18.8. The van der Waals surface area contributed by atoms with Gasteiger partial charge >= 0.3 is 0 Å². The molecule has 390 valence electrons. The third kappa shape index (κ3) is 8.58. The molecule has 0 radical (unpaired) electrons. The lowest BCUT2D eigenvalue weighted by Gasteiger charge is -2.36. The van der Waals surface area contributed by atoms with Gasteiger partial charge in [-0.15, -0.1) is 0 Å². The van der Waals surface area contributed by atoms with E-state index in [1.807, 2.05) is 0 Å². The van der Waals surface area contributed by atoms with Crippen molar-refractivity contribution in [1.29, 1.82) is 0 Å². The Hall–Kier alpha value is -7.57. The number of benzene rings is 10. The summed E-state index contributed by atoms with van der Waals surface area (Å²) in [4.78, 5) is 6.40. The summed E-state index contributed by atoms with van der Waals surface area (Å²) in [6.07, 6.45) is 7.12. The third-order valence-corrected chi connectivity index (χ3v) is 20.1. The van der Waals surface area contributed by atoms with Gasteiger partial charge in [0.15, 0.2) is 0 Å². The van der Waals surface area contributed by atoms with E-state index in [9.17, 15) is 0 Å². The van der Waals surface area contributed by atoms with Crippen molar-refractivity contribution in [3.8, 4) is 11.1 Å². The van der Waals surface area contributed by atoms with Gasteiger partial charge in [0.2, 0.25) is 0 Å². The lowest BCUT2D eigenvalue weighted by molar-refractivity contribution is 0.590. The van der Waals surface area contributed by atoms with Crippen molar-refractivity contribution in [2.75, 3.05) is 28.6 Å². The van der Waals surface area contributed by atoms with E-state index in [0.29, 0.717) is 0 Å². The van der Waals surface area contributed by atoms with E-state index >= 15 is 0 Å². The van der Waals surface area contributed by atoms with Crippen molar-refractivity contribution in [3.63, 3.8) is 0 Å². The van der Waals surface area contributed by atoms with Gasteiger partial charge in [0.05, 0.1) is 30.2 Å². The Labute approximate surface area is 465 Å². The maximum atomic E-state index is 7.52. The molecule has 1 aliphatic rings. The summed E-state index contributed by atoms with van der Waals surface area (Å²) in [6, 6.07) is 82.8. The number of hydrogen-bond acceptors (Lipinski definition) is 3. The Kier molecular flexibility index (Phi) is 12.4. The first kappa shape index (κ1) is 51.2. The van der Waals surface area contributed by atoms with Crippen LogP contribution in [0.3, 0.4) is 0 Å². The lowest BCUT2D eigenvalue weighted by Crippen LogP contribution is -2.37. The number of fused-ring (bicyclic) bond motifs is 9. The molecule has 0 amide bonds. The predicted octanol–water partition coefficient (Wildman–Crippen LogP) is 20.2. The summed E-state index contributed by atoms with van der Waals surface area (Å²) in [7, 11) is -2.59. The van der Waals surface area contributed by atoms with Crippen molar-refractivity contribution in [2.24, 2.45) is 0 Å². The van der Waals surface area contributed by atoms with Crippen LogP contribution in [0.1, 0.15) is 74.9 Å². The van der Waals surface area contributed by atoms with E-state index in [4.69, 9.17) is 4.42 Å². The normalized spacial score (nSPS) is 13.7. The van der Waals surface area contributed by atoms with Gasteiger partial charge in [-0.05, 0) is 158 Å². The van der Waals surface area contributed by atoms with Crippen LogP contribution in [0.4, 0.5) is 34.1 Å². The molecule has 0 bridgehead atoms. The second-order valence-corrected chi connectivity index (χ2v) is 34.6. The summed E-state index contributed by atoms with van der Waals surface area (Å²) < 4.78 is 7.52. The molecule has 1 aromatic heterocycles. The molecule has 0 N–H and O–H groups in total. The average Bonchev–Trinajstić information content (AvgIpc) is 4.03. The monoisotopic (exact) mass is 1050 g/mol. The summed E-state index contributed by atoms with van der Waals surface area (Å²) in [6.45, 7) is 21.0. The van der Waals surface area contributed by atoms with Crippen LogP contribution >= 0.6 is 10.0 Å². The first-order valence-corrected chi connectivity index (χ1v) is 34.0. The van der Waals surface area contributed by atoms with Crippen molar-refractivity contribution in [3.05, 3.63) is 252 Å². The van der Waals surface area contributed by atoms with Gasteiger partial charge in [-0.3, -0.25) is 0 Å². The Morgan fingerprint density at radius 2 is 0.833 bits per heavy atom. The SMILES string of the molecule is CC(C)(C)c1ccc(N(c2ccc(S(C)(C)C)cc2)c2cc3c(c4ccccc24)-c2c(cc(N(c4ccc(C(C)(C)C)cc4)c4ccc([Si](C)(C)C)cc4)c4c2oc2ccccc24)C3(c2ccccc2)c2ccccc2)cc1. The third-order valence-electron chi connectivity index (χ3n) is 16.4. The quantitative estimate of drug-likeness (QED) is 0.127. The fraction of sp³-hybridized carbons (Fsp3) is 0.205. The van der Waals surface area contributed by atoms with E-state index in [-0.39, 0.29) is 10.8 Å². The highest BCUT2D eigenvalue weighted by molar-refractivity contribution is 8.32. The van der Waals surface area contributed by atoms with E-state index in [2.05, 4.69) is 308 Å². The first-order chi connectivity index (χ1) is 37.2. The lowest BCUT2D eigenvalue weighted by atomic mass is 9.67. The number of anilines is 6. The highest BCUT2D eigenvalue weighted by Gasteiger charge is 2.50. The number of hydrogen-bond donors (Lipinski definition) is 0. The summed E-state index contributed by atoms with van der Waals surface area (Å²) in [5, 5.41) is 5.96. The van der Waals surface area contributed by atoms with E-state index in [1.54, 1.807) is 0 Å². The van der Waals surface area contributed by atoms with Gasteiger partial charge in [0.1, 0.15) is 11.2 Å². The minimum atomic E-state index is -1.63. The van der Waals surface area contributed by atoms with E-state index in [1.165, 1.54) is 59.8 Å². The van der Waals surface area contributed by atoms with Gasteiger partial charge in [0.25, 0.3) is 0 Å². The molecule has 10 aromatic carbocycles. The molecule has 1 heterocycles. The van der Waals surface area contributed by atoms with Crippen molar-refractivity contribution < 1.29 is 4.42 Å². The summed E-state index contributed by atoms with van der Waals surface area (Å²) >= 11 is 0. The van der Waals surface area contributed by atoms with Crippen molar-refractivity contribution in [1.82, 2.24) is 0 Å². The minimum absolute atomic E-state index is 0.00123. The van der Waals surface area contributed by atoms with Crippen LogP contribution in [0.25, 0.3) is 43.8 Å². The van der Waals surface area contributed by atoms with E-state index in [0.717, 1.165) is 61.6 Å². The number of para-hydroxylation sites is 1. The molecule has 11 aromatic rings. The van der Waals surface area contributed by atoms with Crippen LogP contribution in [0, 0.1) is 0 Å². The zero-order chi connectivity index (χ0) is 54.5. The minimum Gasteiger partial charge on any atom is -0.455 e. The Morgan fingerprint density at radius 3 is 1.32 bits per heavy atom. The summed E-state index contributed by atoms with van der Waals surface area (Å²) in [5.74, 6) is 0. The Bertz CT molecular complexity index is 3870. The topological polar surface area (TPSA) is 19.6 Å². The number of rotatable bonds is 10. The average molecular weight is 1050 g/mol. The molecule has 1 aliphatic carbocycles. The van der Waals surface area contributed by atoms with Crippen LogP contribution in [0.2, 0.25) is 19.6 Å². The van der Waals surface area contributed by atoms with Gasteiger partial charge in [-0.2, -0.15) is 0 Å². The van der Waals surface area contributed by atoms with Crippen LogP contribution in [0.5, 0.6) is 0 Å². The van der Waals surface area contributed by atoms with E-state index < -0.39 is 23.5 Å². The molecule has 0 saturated carbocycles. The number of furan rings is 1. The number of nitrogens with zero attached hydrogens (tertiary/aromatic N) is 2. The highest BCUT2D eigenvalue weighted by Crippen LogP contribution is 2.64. The fourth-order valence-electron chi connectivity index (χ4n) is 12.2. The smallest absolute Gasteiger partial charge is 0.145 e. The summed E-state index contributed by atoms with van der Waals surface area (Å²) in [5.41, 5.74) is 17.3. The fourth-order valence-corrected chi connectivity index (χ4v) is 14.3. The van der Waals surface area contributed by atoms with Gasteiger partial charge in [0, 0.05) is 39.1 Å². The molecular formula is C73H72N2OSSi. The van der Waals surface area contributed by atoms with Gasteiger partial charge in [-0.1, -0.05) is 206 Å². The molecule has 0 fully saturated rings. The maximum absolute atomic E-state index is 7.52. The molecule has 0 unspecified atom stereocenters. The molecule has 78 heavy (non-hydrogen) atoms. The predicted molar refractivity (Wildman–Crippen MR) is 342 cm³/mol. The second-order valence-electron chi connectivity index (χ2n) is 25.4. The first-order valence-electron chi connectivity index (χ1n) is 27.6.